The Balaban J connectivity index is 2.07. The largest absolute Gasteiger partial charge is 0.352 e. The number of nitrogens with zero attached hydrogens (tertiary/aromatic N) is 1. The molecule has 1 saturated heterocycles. The molecule has 0 saturated carbocycles. The van der Waals surface area contributed by atoms with Crippen LogP contribution in [-0.4, -0.2) is 42.4 Å². The Bertz CT molecular complexity index is 665. The Hall–Kier alpha value is -2.22. The molecule has 0 aliphatic carbocycles. The van der Waals surface area contributed by atoms with Crippen molar-refractivity contribution in [1.29, 1.82) is 0 Å². The van der Waals surface area contributed by atoms with Gasteiger partial charge in [0.05, 0.1) is 0 Å². The third-order valence-electron chi connectivity index (χ3n) is 4.07. The second-order valence-corrected chi connectivity index (χ2v) is 6.97. The fourth-order valence-corrected chi connectivity index (χ4v) is 3.32. The number of hydrogen-bond donors (Lipinski definition) is 3. The van der Waals surface area contributed by atoms with Gasteiger partial charge in [0.15, 0.2) is 0 Å². The molecular weight excluding hydrogens is 340 g/mol. The zero-order chi connectivity index (χ0) is 18.4. The molecule has 4 N–H and O–H groups in total. The van der Waals surface area contributed by atoms with Gasteiger partial charge in [-0.2, -0.15) is 11.8 Å². The van der Waals surface area contributed by atoms with E-state index in [1.807, 2.05) is 25.3 Å². The molecule has 1 aromatic rings. The van der Waals surface area contributed by atoms with Gasteiger partial charge in [0, 0.05) is 24.3 Å². The summed E-state index contributed by atoms with van der Waals surface area (Å²) in [4.78, 5) is 37.2. The maximum Gasteiger partial charge on any atom is 0.312 e. The molecule has 0 aromatic heterocycles. The number of hydrogen-bond acceptors (Lipinski definition) is 4. The van der Waals surface area contributed by atoms with Crippen molar-refractivity contribution in [2.75, 3.05) is 28.8 Å². The Morgan fingerprint density at radius 2 is 2.16 bits per heavy atom. The van der Waals surface area contributed by atoms with Gasteiger partial charge in [-0.25, -0.2) is 4.79 Å². The number of anilines is 2. The maximum atomic E-state index is 12.4. The first-order chi connectivity index (χ1) is 11.9. The Labute approximate surface area is 151 Å². The van der Waals surface area contributed by atoms with E-state index in [1.54, 1.807) is 22.7 Å². The summed E-state index contributed by atoms with van der Waals surface area (Å²) in [6.45, 7) is 2.63. The van der Waals surface area contributed by atoms with Crippen LogP contribution in [0.5, 0.6) is 0 Å². The van der Waals surface area contributed by atoms with E-state index in [0.29, 0.717) is 18.5 Å². The summed E-state index contributed by atoms with van der Waals surface area (Å²) in [6, 6.07) is 4.04. The maximum absolute atomic E-state index is 12.4. The lowest BCUT2D eigenvalue weighted by atomic mass is 10.1. The minimum Gasteiger partial charge on any atom is -0.352 e. The third kappa shape index (κ3) is 5.12. The van der Waals surface area contributed by atoms with Crippen LogP contribution in [0.1, 0.15) is 24.8 Å². The van der Waals surface area contributed by atoms with Crippen molar-refractivity contribution in [1.82, 2.24) is 5.32 Å². The van der Waals surface area contributed by atoms with Gasteiger partial charge in [-0.15, -0.1) is 0 Å². The van der Waals surface area contributed by atoms with Crippen LogP contribution in [0.3, 0.4) is 0 Å². The van der Waals surface area contributed by atoms with E-state index in [9.17, 15) is 14.4 Å². The number of benzene rings is 1. The van der Waals surface area contributed by atoms with Gasteiger partial charge in [-0.1, -0.05) is 0 Å². The number of nitrogens with one attached hydrogen (secondary N) is 2. The summed E-state index contributed by atoms with van der Waals surface area (Å²) in [5.41, 5.74) is 7.56. The summed E-state index contributed by atoms with van der Waals surface area (Å²) in [6.07, 6.45) is 3.87. The molecule has 1 aromatic carbocycles. The SMILES string of the molecule is CSCC[C@@H](NC(N)=O)C(=O)Nc1ccc(N2CCCC2=O)c(C)c1. The minimum atomic E-state index is -0.722. The summed E-state index contributed by atoms with van der Waals surface area (Å²) >= 11 is 1.59. The lowest BCUT2D eigenvalue weighted by Crippen LogP contribution is -2.46. The quantitative estimate of drug-likeness (QED) is 0.687. The number of thioether (sulfide) groups is 1. The van der Waals surface area contributed by atoms with E-state index < -0.39 is 12.1 Å². The molecule has 1 fully saturated rings. The molecule has 0 spiro atoms. The summed E-state index contributed by atoms with van der Waals surface area (Å²) < 4.78 is 0. The molecular formula is C17H24N4O3S. The van der Waals surface area contributed by atoms with Crippen molar-refractivity contribution in [3.05, 3.63) is 23.8 Å². The van der Waals surface area contributed by atoms with E-state index in [0.717, 1.165) is 30.0 Å². The fraction of sp³-hybridized carbons (Fsp3) is 0.471. The zero-order valence-electron chi connectivity index (χ0n) is 14.5. The van der Waals surface area contributed by atoms with Gasteiger partial charge in [0.1, 0.15) is 6.04 Å². The van der Waals surface area contributed by atoms with Crippen molar-refractivity contribution in [2.24, 2.45) is 5.73 Å². The fourth-order valence-electron chi connectivity index (χ4n) is 2.84. The van der Waals surface area contributed by atoms with Crippen LogP contribution in [-0.2, 0) is 9.59 Å². The first-order valence-electron chi connectivity index (χ1n) is 8.19. The number of primary amides is 1. The van der Waals surface area contributed by atoms with E-state index in [4.69, 9.17) is 5.73 Å². The Kier molecular flexibility index (Phi) is 6.69. The number of carbonyl (C=O) groups excluding carboxylic acids is 3. The third-order valence-corrected chi connectivity index (χ3v) is 4.72. The van der Waals surface area contributed by atoms with Crippen LogP contribution in [0, 0.1) is 6.92 Å². The number of amides is 4. The highest BCUT2D eigenvalue weighted by atomic mass is 32.2. The van der Waals surface area contributed by atoms with E-state index in [1.165, 1.54) is 0 Å². The highest BCUT2D eigenvalue weighted by molar-refractivity contribution is 7.98. The van der Waals surface area contributed by atoms with Crippen LogP contribution in [0.15, 0.2) is 18.2 Å². The molecule has 1 aliphatic rings. The second-order valence-electron chi connectivity index (χ2n) is 5.98. The van der Waals surface area contributed by atoms with E-state index >= 15 is 0 Å². The predicted octanol–water partition coefficient (Wildman–Crippen LogP) is 1.85. The molecule has 25 heavy (non-hydrogen) atoms. The van der Waals surface area contributed by atoms with Crippen molar-refractivity contribution in [2.45, 2.75) is 32.2 Å². The van der Waals surface area contributed by atoms with Gasteiger partial charge in [-0.05, 0) is 55.5 Å². The molecule has 2 rings (SSSR count). The molecule has 4 amide bonds. The Morgan fingerprint density at radius 3 is 2.72 bits per heavy atom. The second kappa shape index (κ2) is 8.75. The molecule has 0 unspecified atom stereocenters. The van der Waals surface area contributed by atoms with Gasteiger partial charge in [0.25, 0.3) is 0 Å². The molecule has 1 heterocycles. The average molecular weight is 364 g/mol. The smallest absolute Gasteiger partial charge is 0.312 e. The Morgan fingerprint density at radius 1 is 1.40 bits per heavy atom. The van der Waals surface area contributed by atoms with Crippen LogP contribution >= 0.6 is 11.8 Å². The molecule has 7 nitrogen and oxygen atoms in total. The van der Waals surface area contributed by atoms with Gasteiger partial charge < -0.3 is 21.3 Å². The van der Waals surface area contributed by atoms with Crippen LogP contribution in [0.2, 0.25) is 0 Å². The van der Waals surface area contributed by atoms with Crippen molar-refractivity contribution in [3.8, 4) is 0 Å². The highest BCUT2D eigenvalue weighted by Gasteiger charge is 2.24. The first-order valence-corrected chi connectivity index (χ1v) is 9.58. The zero-order valence-corrected chi connectivity index (χ0v) is 15.3. The summed E-state index contributed by atoms with van der Waals surface area (Å²) in [5, 5.41) is 5.28. The number of aryl methyl sites for hydroxylation is 1. The molecule has 1 aliphatic heterocycles. The average Bonchev–Trinajstić information content (AvgIpc) is 2.97. The van der Waals surface area contributed by atoms with Crippen molar-refractivity contribution < 1.29 is 14.4 Å². The molecule has 1 atom stereocenters. The van der Waals surface area contributed by atoms with E-state index in [-0.39, 0.29) is 11.8 Å². The molecule has 8 heteroatoms. The van der Waals surface area contributed by atoms with E-state index in [2.05, 4.69) is 10.6 Å². The number of carbonyl (C=O) groups is 3. The lowest BCUT2D eigenvalue weighted by molar-refractivity contribution is -0.118. The van der Waals surface area contributed by atoms with Crippen LogP contribution in [0.4, 0.5) is 16.2 Å². The normalized spacial score (nSPS) is 15.1. The topological polar surface area (TPSA) is 105 Å². The van der Waals surface area contributed by atoms with Crippen molar-refractivity contribution in [3.63, 3.8) is 0 Å². The monoisotopic (exact) mass is 364 g/mol. The minimum absolute atomic E-state index is 0.127. The van der Waals surface area contributed by atoms with Gasteiger partial charge in [0.2, 0.25) is 11.8 Å². The molecule has 0 radical (unpaired) electrons. The predicted molar refractivity (Wildman–Crippen MR) is 101 cm³/mol. The first kappa shape index (κ1) is 19.1. The highest BCUT2D eigenvalue weighted by Crippen LogP contribution is 2.27. The summed E-state index contributed by atoms with van der Waals surface area (Å²) in [5.74, 6) is 0.549. The summed E-state index contributed by atoms with van der Waals surface area (Å²) in [7, 11) is 0. The van der Waals surface area contributed by atoms with Crippen LogP contribution in [0.25, 0.3) is 0 Å². The van der Waals surface area contributed by atoms with Gasteiger partial charge >= 0.3 is 6.03 Å². The van der Waals surface area contributed by atoms with Crippen molar-refractivity contribution >= 4 is 41.0 Å². The number of rotatable bonds is 7. The molecule has 0 bridgehead atoms. The lowest BCUT2D eigenvalue weighted by Gasteiger charge is -2.20. The van der Waals surface area contributed by atoms with Crippen LogP contribution < -0.4 is 21.3 Å². The van der Waals surface area contributed by atoms with Gasteiger partial charge in [-0.3, -0.25) is 9.59 Å². The number of urea groups is 1. The number of nitrogens with two attached hydrogens (primary N) is 1. The standard InChI is InChI=1S/C17H24N4O3S/c1-11-10-12(5-6-14(11)21-8-3-4-15(21)22)19-16(23)13(7-9-25-2)20-17(18)24/h5-6,10,13H,3-4,7-9H2,1-2H3,(H,19,23)(H3,18,20,24)/t13-/m1/s1. The molecule has 136 valence electrons.